The van der Waals surface area contributed by atoms with Crippen LogP contribution < -0.4 is 5.32 Å². The van der Waals surface area contributed by atoms with E-state index in [1.165, 1.54) is 0 Å². The topological polar surface area (TPSA) is 42.0 Å². The molecule has 0 saturated heterocycles. The number of amides is 1. The Morgan fingerprint density at radius 1 is 0.955 bits per heavy atom. The number of hydrogen-bond donors (Lipinski definition) is 1. The third-order valence-electron chi connectivity index (χ3n) is 3.39. The third kappa shape index (κ3) is 3.20. The maximum absolute atomic E-state index is 12.2. The fourth-order valence-corrected chi connectivity index (χ4v) is 2.21. The molecule has 1 amide bonds. The summed E-state index contributed by atoms with van der Waals surface area (Å²) in [5.74, 6) is -0.116. The first kappa shape index (κ1) is 14.0. The Morgan fingerprint density at radius 3 is 2.36 bits per heavy atom. The Bertz CT molecular complexity index is 780. The van der Waals surface area contributed by atoms with Gasteiger partial charge in [-0.25, -0.2) is 0 Å². The molecule has 0 aliphatic carbocycles. The van der Waals surface area contributed by atoms with Crippen LogP contribution in [-0.2, 0) is 0 Å². The molecule has 0 radical (unpaired) electrons. The second-order valence-electron chi connectivity index (χ2n) is 5.12. The molecule has 108 valence electrons. The molecule has 1 aromatic heterocycles. The van der Waals surface area contributed by atoms with Crippen LogP contribution in [0.3, 0.4) is 0 Å². The molecule has 0 unspecified atom stereocenters. The fraction of sp³-hybridized carbons (Fsp3) is 0.0526. The first-order chi connectivity index (χ1) is 10.7. The normalized spacial score (nSPS) is 10.2. The van der Waals surface area contributed by atoms with Crippen molar-refractivity contribution < 1.29 is 4.79 Å². The third-order valence-corrected chi connectivity index (χ3v) is 3.39. The van der Waals surface area contributed by atoms with E-state index >= 15 is 0 Å². The minimum absolute atomic E-state index is 0.116. The van der Waals surface area contributed by atoms with E-state index in [0.29, 0.717) is 5.56 Å². The highest BCUT2D eigenvalue weighted by Crippen LogP contribution is 2.19. The molecule has 0 fully saturated rings. The zero-order valence-corrected chi connectivity index (χ0v) is 12.3. The minimum atomic E-state index is -0.116. The van der Waals surface area contributed by atoms with Gasteiger partial charge in [0.05, 0.1) is 5.69 Å². The highest BCUT2D eigenvalue weighted by Gasteiger charge is 2.06. The number of pyridine rings is 1. The van der Waals surface area contributed by atoms with E-state index in [1.54, 1.807) is 6.20 Å². The summed E-state index contributed by atoms with van der Waals surface area (Å²) in [5.41, 5.74) is 4.49. The number of aryl methyl sites for hydroxylation is 1. The number of carbonyl (C=O) groups is 1. The predicted molar refractivity (Wildman–Crippen MR) is 88.8 cm³/mol. The first-order valence-corrected chi connectivity index (χ1v) is 7.12. The predicted octanol–water partition coefficient (Wildman–Crippen LogP) is 4.31. The number of nitrogens with zero attached hydrogens (tertiary/aromatic N) is 1. The van der Waals surface area contributed by atoms with Gasteiger partial charge in [-0.2, -0.15) is 0 Å². The Labute approximate surface area is 129 Å². The lowest BCUT2D eigenvalue weighted by Gasteiger charge is -2.06. The Balaban J connectivity index is 1.78. The standard InChI is InChI=1S/C19H16N2O/c1-14-11-12-20-18(13-14)15-7-9-16(10-8-15)19(22)21-17-5-3-2-4-6-17/h2-13H,1H3,(H,21,22). The molecule has 0 aliphatic heterocycles. The molecule has 1 heterocycles. The Hall–Kier alpha value is -2.94. The largest absolute Gasteiger partial charge is 0.322 e. The zero-order valence-electron chi connectivity index (χ0n) is 12.3. The van der Waals surface area contributed by atoms with Crippen LogP contribution >= 0.6 is 0 Å². The quantitative estimate of drug-likeness (QED) is 0.780. The molecule has 2 aromatic carbocycles. The van der Waals surface area contributed by atoms with Crippen molar-refractivity contribution >= 4 is 11.6 Å². The summed E-state index contributed by atoms with van der Waals surface area (Å²) >= 11 is 0. The van der Waals surface area contributed by atoms with Gasteiger partial charge in [0.25, 0.3) is 5.91 Å². The molecule has 0 saturated carbocycles. The van der Waals surface area contributed by atoms with Gasteiger partial charge < -0.3 is 5.32 Å². The molecule has 0 spiro atoms. The van der Waals surface area contributed by atoms with Crippen molar-refractivity contribution in [3.8, 4) is 11.3 Å². The van der Waals surface area contributed by atoms with Crippen LogP contribution in [0.15, 0.2) is 72.9 Å². The molecule has 0 bridgehead atoms. The van der Waals surface area contributed by atoms with Gasteiger partial charge in [0.15, 0.2) is 0 Å². The number of para-hydroxylation sites is 1. The SMILES string of the molecule is Cc1ccnc(-c2ccc(C(=O)Nc3ccccc3)cc2)c1. The van der Waals surface area contributed by atoms with Gasteiger partial charge in [0.2, 0.25) is 0 Å². The van der Waals surface area contributed by atoms with Gasteiger partial charge in [0.1, 0.15) is 0 Å². The van der Waals surface area contributed by atoms with E-state index in [2.05, 4.69) is 10.3 Å². The Morgan fingerprint density at radius 2 is 1.68 bits per heavy atom. The number of benzene rings is 2. The van der Waals surface area contributed by atoms with Gasteiger partial charge in [0, 0.05) is 23.0 Å². The summed E-state index contributed by atoms with van der Waals surface area (Å²) in [7, 11) is 0. The highest BCUT2D eigenvalue weighted by molar-refractivity contribution is 6.04. The number of rotatable bonds is 3. The van der Waals surface area contributed by atoms with Gasteiger partial charge in [-0.05, 0) is 48.9 Å². The van der Waals surface area contributed by atoms with Gasteiger partial charge in [-0.15, -0.1) is 0 Å². The van der Waals surface area contributed by atoms with Gasteiger partial charge >= 0.3 is 0 Å². The molecular weight excluding hydrogens is 272 g/mol. The van der Waals surface area contributed by atoms with Gasteiger partial charge in [-0.1, -0.05) is 30.3 Å². The lowest BCUT2D eigenvalue weighted by molar-refractivity contribution is 0.102. The van der Waals surface area contributed by atoms with Crippen molar-refractivity contribution in [1.82, 2.24) is 4.98 Å². The molecule has 3 rings (SSSR count). The monoisotopic (exact) mass is 288 g/mol. The summed E-state index contributed by atoms with van der Waals surface area (Å²) in [6, 6.07) is 20.9. The van der Waals surface area contributed by atoms with E-state index in [4.69, 9.17) is 0 Å². The van der Waals surface area contributed by atoms with E-state index in [1.807, 2.05) is 73.7 Å². The van der Waals surface area contributed by atoms with E-state index in [9.17, 15) is 4.79 Å². The van der Waals surface area contributed by atoms with Crippen LogP contribution in [0, 0.1) is 6.92 Å². The van der Waals surface area contributed by atoms with E-state index in [0.717, 1.165) is 22.5 Å². The van der Waals surface area contributed by atoms with Crippen LogP contribution in [0.4, 0.5) is 5.69 Å². The van der Waals surface area contributed by atoms with Crippen molar-refractivity contribution in [3.63, 3.8) is 0 Å². The maximum atomic E-state index is 12.2. The zero-order chi connectivity index (χ0) is 15.4. The summed E-state index contributed by atoms with van der Waals surface area (Å²) < 4.78 is 0. The number of nitrogens with one attached hydrogen (secondary N) is 1. The molecule has 1 N–H and O–H groups in total. The first-order valence-electron chi connectivity index (χ1n) is 7.12. The average Bonchev–Trinajstić information content (AvgIpc) is 2.56. The number of aromatic nitrogens is 1. The molecule has 0 atom stereocenters. The van der Waals surface area contributed by atoms with Crippen LogP contribution in [-0.4, -0.2) is 10.9 Å². The molecule has 3 nitrogen and oxygen atoms in total. The van der Waals surface area contributed by atoms with Crippen LogP contribution in [0.25, 0.3) is 11.3 Å². The summed E-state index contributed by atoms with van der Waals surface area (Å²) in [5, 5.41) is 2.87. The lowest BCUT2D eigenvalue weighted by atomic mass is 10.1. The van der Waals surface area contributed by atoms with Crippen molar-refractivity contribution in [2.75, 3.05) is 5.32 Å². The van der Waals surface area contributed by atoms with Crippen molar-refractivity contribution in [1.29, 1.82) is 0 Å². The molecular formula is C19H16N2O. The van der Waals surface area contributed by atoms with E-state index < -0.39 is 0 Å². The van der Waals surface area contributed by atoms with Crippen molar-refractivity contribution in [2.45, 2.75) is 6.92 Å². The fourth-order valence-electron chi connectivity index (χ4n) is 2.21. The average molecular weight is 288 g/mol. The Kier molecular flexibility index (Phi) is 3.97. The smallest absolute Gasteiger partial charge is 0.255 e. The molecule has 3 aromatic rings. The lowest BCUT2D eigenvalue weighted by Crippen LogP contribution is -2.11. The second-order valence-corrected chi connectivity index (χ2v) is 5.12. The highest BCUT2D eigenvalue weighted by atomic mass is 16.1. The summed E-state index contributed by atoms with van der Waals surface area (Å²) in [4.78, 5) is 16.5. The van der Waals surface area contributed by atoms with Crippen LogP contribution in [0.1, 0.15) is 15.9 Å². The van der Waals surface area contributed by atoms with Gasteiger partial charge in [-0.3, -0.25) is 9.78 Å². The van der Waals surface area contributed by atoms with Crippen molar-refractivity contribution in [3.05, 3.63) is 84.1 Å². The molecule has 0 aliphatic rings. The van der Waals surface area contributed by atoms with Crippen molar-refractivity contribution in [2.24, 2.45) is 0 Å². The molecule has 22 heavy (non-hydrogen) atoms. The summed E-state index contributed by atoms with van der Waals surface area (Å²) in [6.45, 7) is 2.03. The summed E-state index contributed by atoms with van der Waals surface area (Å²) in [6.07, 6.45) is 1.79. The maximum Gasteiger partial charge on any atom is 0.255 e. The molecule has 3 heteroatoms. The van der Waals surface area contributed by atoms with Crippen LogP contribution in [0.5, 0.6) is 0 Å². The second kappa shape index (κ2) is 6.22. The minimum Gasteiger partial charge on any atom is -0.322 e. The number of hydrogen-bond acceptors (Lipinski definition) is 2. The van der Waals surface area contributed by atoms with E-state index in [-0.39, 0.29) is 5.91 Å². The number of anilines is 1. The number of carbonyl (C=O) groups excluding carboxylic acids is 1. The van der Waals surface area contributed by atoms with Crippen LogP contribution in [0.2, 0.25) is 0 Å².